The highest BCUT2D eigenvalue weighted by Crippen LogP contribution is 2.43. The molecule has 1 heterocycles. The monoisotopic (exact) mass is 401 g/mol. The second-order valence-electron chi connectivity index (χ2n) is 2.96. The van der Waals surface area contributed by atoms with Crippen LogP contribution < -0.4 is 4.74 Å². The number of halogens is 8. The minimum atomic E-state index is -5.25. The molecule has 0 atom stereocenters. The van der Waals surface area contributed by atoms with Crippen LogP contribution in [0.25, 0.3) is 0 Å². The van der Waals surface area contributed by atoms with Gasteiger partial charge in [0.2, 0.25) is 5.88 Å². The molecule has 0 amide bonds. The maximum Gasteiger partial charge on any atom is 0.574 e. The van der Waals surface area contributed by atoms with E-state index >= 15 is 0 Å². The van der Waals surface area contributed by atoms with Gasteiger partial charge < -0.3 is 4.74 Å². The number of ether oxygens (including phenoxy) is 1. The van der Waals surface area contributed by atoms with E-state index in [-0.39, 0.29) is 10.9 Å². The van der Waals surface area contributed by atoms with Crippen LogP contribution in [0.15, 0.2) is 10.7 Å². The SMILES string of the molecule is FC(F)(F)Oc1ncc(CBr)c(Br)c1C(F)(F)F. The van der Waals surface area contributed by atoms with Gasteiger partial charge in [-0.3, -0.25) is 0 Å². The van der Waals surface area contributed by atoms with Crippen molar-refractivity contribution in [3.8, 4) is 5.88 Å². The Morgan fingerprint density at radius 1 is 1.17 bits per heavy atom. The second kappa shape index (κ2) is 5.24. The topological polar surface area (TPSA) is 22.1 Å². The number of nitrogens with zero attached hydrogens (tertiary/aromatic N) is 1. The van der Waals surface area contributed by atoms with Crippen LogP contribution >= 0.6 is 31.9 Å². The molecule has 0 aromatic carbocycles. The Kier molecular flexibility index (Phi) is 4.52. The van der Waals surface area contributed by atoms with Crippen LogP contribution in [0.5, 0.6) is 5.88 Å². The lowest BCUT2D eigenvalue weighted by atomic mass is 10.2. The fourth-order valence-corrected chi connectivity index (χ4v) is 2.48. The van der Waals surface area contributed by atoms with Crippen molar-refractivity contribution in [3.63, 3.8) is 0 Å². The van der Waals surface area contributed by atoms with E-state index < -0.39 is 28.5 Å². The van der Waals surface area contributed by atoms with E-state index in [4.69, 9.17) is 0 Å². The normalized spacial score (nSPS) is 12.7. The molecule has 0 aliphatic carbocycles. The van der Waals surface area contributed by atoms with E-state index in [0.717, 1.165) is 6.20 Å². The zero-order chi connectivity index (χ0) is 14.1. The molecule has 1 aromatic rings. The Bertz CT molecular complexity index is 444. The maximum absolute atomic E-state index is 12.7. The molecule has 0 saturated carbocycles. The average molecular weight is 403 g/mol. The van der Waals surface area contributed by atoms with Gasteiger partial charge in [0.25, 0.3) is 0 Å². The zero-order valence-corrected chi connectivity index (χ0v) is 11.3. The van der Waals surface area contributed by atoms with Gasteiger partial charge in [-0.2, -0.15) is 13.2 Å². The van der Waals surface area contributed by atoms with Crippen LogP contribution in [-0.2, 0) is 11.5 Å². The first-order valence-electron chi connectivity index (χ1n) is 4.12. The van der Waals surface area contributed by atoms with Gasteiger partial charge in [-0.05, 0) is 21.5 Å². The molecule has 0 saturated heterocycles. The van der Waals surface area contributed by atoms with E-state index in [9.17, 15) is 26.3 Å². The van der Waals surface area contributed by atoms with Crippen LogP contribution in [0.2, 0.25) is 0 Å². The number of hydrogen-bond donors (Lipinski definition) is 0. The molecule has 0 spiro atoms. The lowest BCUT2D eigenvalue weighted by Crippen LogP contribution is -2.21. The summed E-state index contributed by atoms with van der Waals surface area (Å²) in [5.41, 5.74) is -1.55. The van der Waals surface area contributed by atoms with Crippen molar-refractivity contribution in [2.75, 3.05) is 0 Å². The summed E-state index contributed by atoms with van der Waals surface area (Å²) in [5.74, 6) is -1.54. The average Bonchev–Trinajstić information content (AvgIpc) is 2.13. The van der Waals surface area contributed by atoms with Gasteiger partial charge in [-0.1, -0.05) is 15.9 Å². The predicted octanol–water partition coefficient (Wildman–Crippen LogP) is 4.66. The molecule has 0 bridgehead atoms. The van der Waals surface area contributed by atoms with Crippen molar-refractivity contribution in [1.82, 2.24) is 4.98 Å². The van der Waals surface area contributed by atoms with E-state index in [2.05, 4.69) is 41.6 Å². The molecule has 102 valence electrons. The van der Waals surface area contributed by atoms with Crippen molar-refractivity contribution in [1.29, 1.82) is 0 Å². The van der Waals surface area contributed by atoms with Crippen LogP contribution in [0, 0.1) is 0 Å². The Balaban J connectivity index is 3.39. The van der Waals surface area contributed by atoms with Gasteiger partial charge in [0, 0.05) is 16.0 Å². The van der Waals surface area contributed by atoms with Gasteiger partial charge in [0.1, 0.15) is 5.56 Å². The summed E-state index contributed by atoms with van der Waals surface area (Å²) < 4.78 is 76.6. The zero-order valence-electron chi connectivity index (χ0n) is 8.16. The molecule has 0 radical (unpaired) electrons. The van der Waals surface area contributed by atoms with Crippen molar-refractivity contribution < 1.29 is 31.1 Å². The molecule has 0 unspecified atom stereocenters. The second-order valence-corrected chi connectivity index (χ2v) is 4.31. The number of rotatable bonds is 2. The Hall–Kier alpha value is -0.510. The van der Waals surface area contributed by atoms with Gasteiger partial charge in [0.15, 0.2) is 0 Å². The van der Waals surface area contributed by atoms with Crippen molar-refractivity contribution in [2.24, 2.45) is 0 Å². The first-order chi connectivity index (χ1) is 8.06. The molecule has 0 fully saturated rings. The summed E-state index contributed by atoms with van der Waals surface area (Å²) >= 11 is 5.49. The summed E-state index contributed by atoms with van der Waals surface area (Å²) in [6.07, 6.45) is -9.41. The molecular weight excluding hydrogens is 400 g/mol. The molecule has 1 aromatic heterocycles. The van der Waals surface area contributed by atoms with Gasteiger partial charge in [-0.15, -0.1) is 13.2 Å². The van der Waals surface area contributed by atoms with Crippen LogP contribution in [-0.4, -0.2) is 11.3 Å². The highest BCUT2D eigenvalue weighted by molar-refractivity contribution is 9.10. The highest BCUT2D eigenvalue weighted by atomic mass is 79.9. The summed E-state index contributed by atoms with van der Waals surface area (Å²) in [6, 6.07) is 0. The van der Waals surface area contributed by atoms with Crippen molar-refractivity contribution >= 4 is 31.9 Å². The smallest absolute Gasteiger partial charge is 0.387 e. The lowest BCUT2D eigenvalue weighted by molar-refractivity contribution is -0.278. The summed E-state index contributed by atoms with van der Waals surface area (Å²) in [6.45, 7) is 0. The third-order valence-corrected chi connectivity index (χ3v) is 3.20. The first-order valence-corrected chi connectivity index (χ1v) is 6.04. The van der Waals surface area contributed by atoms with E-state index in [1.165, 1.54) is 0 Å². The van der Waals surface area contributed by atoms with Crippen molar-refractivity contribution in [2.45, 2.75) is 17.9 Å². The van der Waals surface area contributed by atoms with Crippen LogP contribution in [0.1, 0.15) is 11.1 Å². The van der Waals surface area contributed by atoms with Crippen LogP contribution in [0.4, 0.5) is 26.3 Å². The predicted molar refractivity (Wildman–Crippen MR) is 56.3 cm³/mol. The Morgan fingerprint density at radius 3 is 2.11 bits per heavy atom. The standard InChI is InChI=1S/C8H3Br2F6NO/c9-1-3-2-17-6(18-8(14,15)16)4(5(3)10)7(11,12)13/h2H,1H2. The number of pyridine rings is 1. The molecular formula is C8H3Br2F6NO. The Morgan fingerprint density at radius 2 is 1.72 bits per heavy atom. The summed E-state index contributed by atoms with van der Waals surface area (Å²) in [5, 5.41) is -0.00401. The van der Waals surface area contributed by atoms with E-state index in [0.29, 0.717) is 0 Å². The fourth-order valence-electron chi connectivity index (χ4n) is 1.04. The van der Waals surface area contributed by atoms with E-state index in [1.807, 2.05) is 0 Å². The summed E-state index contributed by atoms with van der Waals surface area (Å²) in [7, 11) is 0. The molecule has 18 heavy (non-hydrogen) atoms. The minimum Gasteiger partial charge on any atom is -0.387 e. The maximum atomic E-state index is 12.7. The molecule has 0 N–H and O–H groups in total. The van der Waals surface area contributed by atoms with Crippen molar-refractivity contribution in [3.05, 3.63) is 21.8 Å². The number of hydrogen-bond acceptors (Lipinski definition) is 2. The van der Waals surface area contributed by atoms with Gasteiger partial charge >= 0.3 is 12.5 Å². The van der Waals surface area contributed by atoms with Gasteiger partial charge in [0.05, 0.1) is 0 Å². The molecule has 1 rings (SSSR count). The summed E-state index contributed by atoms with van der Waals surface area (Å²) in [4.78, 5) is 3.04. The van der Waals surface area contributed by atoms with Gasteiger partial charge in [-0.25, -0.2) is 4.98 Å². The third-order valence-electron chi connectivity index (χ3n) is 1.69. The molecule has 0 aliphatic heterocycles. The van der Waals surface area contributed by atoms with Crippen LogP contribution in [0.3, 0.4) is 0 Å². The largest absolute Gasteiger partial charge is 0.574 e. The fraction of sp³-hybridized carbons (Fsp3) is 0.375. The third kappa shape index (κ3) is 3.74. The molecule has 10 heteroatoms. The highest BCUT2D eigenvalue weighted by Gasteiger charge is 2.42. The Labute approximate surface area is 114 Å². The lowest BCUT2D eigenvalue weighted by Gasteiger charge is -2.16. The molecule has 0 aliphatic rings. The number of alkyl halides is 7. The minimum absolute atomic E-state index is 0.00401. The quantitative estimate of drug-likeness (QED) is 0.530. The van der Waals surface area contributed by atoms with E-state index in [1.54, 1.807) is 0 Å². The first kappa shape index (κ1) is 15.5. The molecule has 2 nitrogen and oxygen atoms in total. The number of aromatic nitrogens is 1.